The molecule has 2 rings (SSSR count). The second-order valence-electron chi connectivity index (χ2n) is 4.07. The number of ketones is 1. The standard InChI is InChI=1S/C15H12ClNO2/c1-10(18)13-7-2-3-8-14(13)17-15(19)11-5-4-6-12(16)9-11/h2-9H,1H3,(H,17,19). The molecule has 1 amide bonds. The van der Waals surface area contributed by atoms with Gasteiger partial charge in [-0.3, -0.25) is 9.59 Å². The van der Waals surface area contributed by atoms with Gasteiger partial charge in [0.2, 0.25) is 0 Å². The second kappa shape index (κ2) is 5.67. The zero-order valence-corrected chi connectivity index (χ0v) is 11.1. The molecule has 19 heavy (non-hydrogen) atoms. The molecule has 96 valence electrons. The fourth-order valence-corrected chi connectivity index (χ4v) is 1.91. The Morgan fingerprint density at radius 3 is 2.47 bits per heavy atom. The van der Waals surface area contributed by atoms with Crippen LogP contribution in [0.3, 0.4) is 0 Å². The van der Waals surface area contributed by atoms with E-state index < -0.39 is 0 Å². The van der Waals surface area contributed by atoms with Crippen LogP contribution < -0.4 is 5.32 Å². The predicted molar refractivity (Wildman–Crippen MR) is 75.9 cm³/mol. The average Bonchev–Trinajstić information content (AvgIpc) is 2.39. The minimum absolute atomic E-state index is 0.0954. The van der Waals surface area contributed by atoms with Crippen molar-refractivity contribution in [3.05, 3.63) is 64.7 Å². The summed E-state index contributed by atoms with van der Waals surface area (Å²) in [5.74, 6) is -0.391. The maximum atomic E-state index is 12.1. The molecule has 1 N–H and O–H groups in total. The summed E-state index contributed by atoms with van der Waals surface area (Å²) in [4.78, 5) is 23.5. The molecule has 0 spiro atoms. The van der Waals surface area contributed by atoms with Crippen molar-refractivity contribution < 1.29 is 9.59 Å². The number of benzene rings is 2. The fourth-order valence-electron chi connectivity index (χ4n) is 1.72. The highest BCUT2D eigenvalue weighted by molar-refractivity contribution is 6.31. The molecule has 0 aliphatic carbocycles. The summed E-state index contributed by atoms with van der Waals surface area (Å²) in [6, 6.07) is 13.5. The van der Waals surface area contributed by atoms with Crippen LogP contribution in [-0.2, 0) is 0 Å². The number of halogens is 1. The van der Waals surface area contributed by atoms with Crippen molar-refractivity contribution in [2.45, 2.75) is 6.92 Å². The van der Waals surface area contributed by atoms with E-state index in [-0.39, 0.29) is 11.7 Å². The van der Waals surface area contributed by atoms with E-state index in [1.165, 1.54) is 6.92 Å². The predicted octanol–water partition coefficient (Wildman–Crippen LogP) is 3.79. The van der Waals surface area contributed by atoms with Gasteiger partial charge < -0.3 is 5.32 Å². The van der Waals surface area contributed by atoms with E-state index >= 15 is 0 Å². The number of carbonyl (C=O) groups excluding carboxylic acids is 2. The Labute approximate surface area is 116 Å². The van der Waals surface area contributed by atoms with Crippen molar-refractivity contribution in [3.63, 3.8) is 0 Å². The van der Waals surface area contributed by atoms with Crippen molar-refractivity contribution in [3.8, 4) is 0 Å². The number of carbonyl (C=O) groups is 2. The maximum Gasteiger partial charge on any atom is 0.255 e. The van der Waals surface area contributed by atoms with Crippen molar-refractivity contribution in [2.24, 2.45) is 0 Å². The largest absolute Gasteiger partial charge is 0.321 e. The second-order valence-corrected chi connectivity index (χ2v) is 4.50. The third-order valence-electron chi connectivity index (χ3n) is 2.64. The Bertz CT molecular complexity index is 638. The first-order valence-corrected chi connectivity index (χ1v) is 6.12. The zero-order chi connectivity index (χ0) is 13.8. The van der Waals surface area contributed by atoms with E-state index in [9.17, 15) is 9.59 Å². The lowest BCUT2D eigenvalue weighted by atomic mass is 10.1. The molecule has 0 heterocycles. The van der Waals surface area contributed by atoms with Crippen LogP contribution in [0.15, 0.2) is 48.5 Å². The Morgan fingerprint density at radius 1 is 1.05 bits per heavy atom. The molecule has 0 saturated carbocycles. The first-order valence-electron chi connectivity index (χ1n) is 5.75. The maximum absolute atomic E-state index is 12.1. The van der Waals surface area contributed by atoms with Crippen LogP contribution in [0.5, 0.6) is 0 Å². The first-order chi connectivity index (χ1) is 9.08. The van der Waals surface area contributed by atoms with Gasteiger partial charge >= 0.3 is 0 Å². The number of Topliss-reactive ketones (excluding diaryl/α,β-unsaturated/α-hetero) is 1. The number of para-hydroxylation sites is 1. The Kier molecular flexibility index (Phi) is 3.97. The van der Waals surface area contributed by atoms with Crippen molar-refractivity contribution >= 4 is 29.0 Å². The van der Waals surface area contributed by atoms with Gasteiger partial charge in [-0.05, 0) is 37.3 Å². The van der Waals surface area contributed by atoms with Gasteiger partial charge in [0.25, 0.3) is 5.91 Å². The number of amides is 1. The van der Waals surface area contributed by atoms with Crippen molar-refractivity contribution in [2.75, 3.05) is 5.32 Å². The molecule has 0 radical (unpaired) electrons. The lowest BCUT2D eigenvalue weighted by Crippen LogP contribution is -2.14. The molecule has 3 nitrogen and oxygen atoms in total. The van der Waals surface area contributed by atoms with Crippen LogP contribution in [0.25, 0.3) is 0 Å². The number of hydrogen-bond donors (Lipinski definition) is 1. The lowest BCUT2D eigenvalue weighted by Gasteiger charge is -2.09. The molecule has 2 aromatic carbocycles. The zero-order valence-electron chi connectivity index (χ0n) is 10.3. The molecular weight excluding hydrogens is 262 g/mol. The summed E-state index contributed by atoms with van der Waals surface area (Å²) in [7, 11) is 0. The molecular formula is C15H12ClNO2. The van der Waals surface area contributed by atoms with Crippen LogP contribution in [0.2, 0.25) is 5.02 Å². The molecule has 4 heteroatoms. The van der Waals surface area contributed by atoms with Gasteiger partial charge in [-0.25, -0.2) is 0 Å². The molecule has 0 unspecified atom stereocenters. The summed E-state index contributed by atoms with van der Waals surface area (Å²) in [5, 5.41) is 3.21. The van der Waals surface area contributed by atoms with Gasteiger partial charge in [0, 0.05) is 16.1 Å². The molecule has 0 fully saturated rings. The van der Waals surface area contributed by atoms with E-state index in [1.807, 2.05) is 0 Å². The highest BCUT2D eigenvalue weighted by atomic mass is 35.5. The van der Waals surface area contributed by atoms with Crippen molar-refractivity contribution in [1.29, 1.82) is 0 Å². The van der Waals surface area contributed by atoms with Gasteiger partial charge in [-0.15, -0.1) is 0 Å². The monoisotopic (exact) mass is 273 g/mol. The number of nitrogens with one attached hydrogen (secondary N) is 1. The average molecular weight is 274 g/mol. The normalized spacial score (nSPS) is 10.0. The molecule has 0 saturated heterocycles. The lowest BCUT2D eigenvalue weighted by molar-refractivity contribution is 0.101. The highest BCUT2D eigenvalue weighted by Gasteiger charge is 2.11. The summed E-state index contributed by atoms with van der Waals surface area (Å²) in [6.45, 7) is 1.46. The molecule has 2 aromatic rings. The topological polar surface area (TPSA) is 46.2 Å². The van der Waals surface area contributed by atoms with E-state index in [0.29, 0.717) is 21.8 Å². The van der Waals surface area contributed by atoms with Crippen LogP contribution >= 0.6 is 11.6 Å². The molecule has 0 bridgehead atoms. The quantitative estimate of drug-likeness (QED) is 0.865. The van der Waals surface area contributed by atoms with Gasteiger partial charge in [0.05, 0.1) is 5.69 Å². The molecule has 0 aliphatic rings. The SMILES string of the molecule is CC(=O)c1ccccc1NC(=O)c1cccc(Cl)c1. The van der Waals surface area contributed by atoms with E-state index in [1.54, 1.807) is 48.5 Å². The summed E-state index contributed by atoms with van der Waals surface area (Å²) in [6.07, 6.45) is 0. The third kappa shape index (κ3) is 3.20. The summed E-state index contributed by atoms with van der Waals surface area (Å²) >= 11 is 5.84. The Balaban J connectivity index is 2.27. The number of rotatable bonds is 3. The smallest absolute Gasteiger partial charge is 0.255 e. The summed E-state index contributed by atoms with van der Waals surface area (Å²) < 4.78 is 0. The van der Waals surface area contributed by atoms with Crippen LogP contribution in [0.4, 0.5) is 5.69 Å². The van der Waals surface area contributed by atoms with Crippen LogP contribution in [0.1, 0.15) is 27.6 Å². The van der Waals surface area contributed by atoms with E-state index in [0.717, 1.165) is 0 Å². The van der Waals surface area contributed by atoms with Gasteiger partial charge in [-0.2, -0.15) is 0 Å². The van der Waals surface area contributed by atoms with E-state index in [4.69, 9.17) is 11.6 Å². The molecule has 0 atom stereocenters. The van der Waals surface area contributed by atoms with Crippen molar-refractivity contribution in [1.82, 2.24) is 0 Å². The first kappa shape index (κ1) is 13.3. The number of hydrogen-bond acceptors (Lipinski definition) is 2. The minimum atomic E-state index is -0.295. The summed E-state index contributed by atoms with van der Waals surface area (Å²) in [5.41, 5.74) is 1.43. The Morgan fingerprint density at radius 2 is 1.79 bits per heavy atom. The highest BCUT2D eigenvalue weighted by Crippen LogP contribution is 2.18. The fraction of sp³-hybridized carbons (Fsp3) is 0.0667. The van der Waals surface area contributed by atoms with E-state index in [2.05, 4.69) is 5.32 Å². The van der Waals surface area contributed by atoms with Gasteiger partial charge in [0.15, 0.2) is 5.78 Å². The van der Waals surface area contributed by atoms with Gasteiger partial charge in [-0.1, -0.05) is 29.8 Å². The number of anilines is 1. The minimum Gasteiger partial charge on any atom is -0.321 e. The van der Waals surface area contributed by atoms with Gasteiger partial charge in [0.1, 0.15) is 0 Å². The third-order valence-corrected chi connectivity index (χ3v) is 2.88. The van der Waals surface area contributed by atoms with Crippen LogP contribution in [-0.4, -0.2) is 11.7 Å². The Hall–Kier alpha value is -2.13. The molecule has 0 aromatic heterocycles. The van der Waals surface area contributed by atoms with Crippen LogP contribution in [0, 0.1) is 0 Å². The molecule has 0 aliphatic heterocycles.